The van der Waals surface area contributed by atoms with E-state index >= 15 is 0 Å². The van der Waals surface area contributed by atoms with Crippen molar-refractivity contribution in [3.63, 3.8) is 0 Å². The highest BCUT2D eigenvalue weighted by molar-refractivity contribution is 5.68. The van der Waals surface area contributed by atoms with E-state index in [-0.39, 0.29) is 17.7 Å². The lowest BCUT2D eigenvalue weighted by atomic mass is 9.98. The Morgan fingerprint density at radius 1 is 1.20 bits per heavy atom. The van der Waals surface area contributed by atoms with Gasteiger partial charge in [-0.1, -0.05) is 6.42 Å². The third-order valence-corrected chi connectivity index (χ3v) is 3.10. The van der Waals surface area contributed by atoms with E-state index in [9.17, 15) is 4.79 Å². The lowest BCUT2D eigenvalue weighted by Gasteiger charge is -2.33. The summed E-state index contributed by atoms with van der Waals surface area (Å²) in [6.45, 7) is 6.03. The first-order valence-corrected chi connectivity index (χ1v) is 5.85. The van der Waals surface area contributed by atoms with Gasteiger partial charge in [-0.05, 0) is 46.5 Å². The highest BCUT2D eigenvalue weighted by atomic mass is 16.6. The summed E-state index contributed by atoms with van der Waals surface area (Å²) in [5.41, 5.74) is -0.161. The Hall–Kier alpha value is -0.730. The summed E-state index contributed by atoms with van der Waals surface area (Å²) in [7, 11) is 1.80. The molecule has 0 heterocycles. The van der Waals surface area contributed by atoms with E-state index in [0.717, 1.165) is 12.8 Å². The van der Waals surface area contributed by atoms with Crippen LogP contribution in [0.15, 0.2) is 0 Å². The smallest absolute Gasteiger partial charge is 0.410 e. The number of hydrogen-bond donors (Lipinski definition) is 0. The molecule has 0 saturated heterocycles. The van der Waals surface area contributed by atoms with Gasteiger partial charge in [0.1, 0.15) is 6.10 Å². The largest absolute Gasteiger partial charge is 0.446 e. The van der Waals surface area contributed by atoms with Crippen molar-refractivity contribution in [2.45, 2.75) is 64.5 Å². The van der Waals surface area contributed by atoms with Crippen molar-refractivity contribution >= 4 is 6.09 Å². The Kier molecular flexibility index (Phi) is 4.00. The van der Waals surface area contributed by atoms with Crippen LogP contribution in [0.1, 0.15) is 52.9 Å². The molecule has 1 rings (SSSR count). The fourth-order valence-corrected chi connectivity index (χ4v) is 1.68. The van der Waals surface area contributed by atoms with E-state index in [4.69, 9.17) is 4.74 Å². The van der Waals surface area contributed by atoms with Crippen molar-refractivity contribution < 1.29 is 9.53 Å². The fraction of sp³-hybridized carbons (Fsp3) is 0.917. The van der Waals surface area contributed by atoms with Crippen molar-refractivity contribution in [2.75, 3.05) is 7.05 Å². The van der Waals surface area contributed by atoms with Gasteiger partial charge in [-0.15, -0.1) is 0 Å². The molecule has 0 N–H and O–H groups in total. The van der Waals surface area contributed by atoms with E-state index in [0.29, 0.717) is 0 Å². The minimum absolute atomic E-state index is 0.149. The van der Waals surface area contributed by atoms with Gasteiger partial charge in [0.05, 0.1) is 0 Å². The summed E-state index contributed by atoms with van der Waals surface area (Å²) in [5, 5.41) is 0. The number of carbonyl (C=O) groups excluding carboxylic acids is 1. The van der Waals surface area contributed by atoms with E-state index < -0.39 is 0 Å². The molecule has 88 valence electrons. The maximum absolute atomic E-state index is 11.8. The number of amides is 1. The second-order valence-corrected chi connectivity index (χ2v) is 5.37. The van der Waals surface area contributed by atoms with E-state index in [2.05, 4.69) is 0 Å². The Bertz CT molecular complexity index is 214. The number of ether oxygens (including phenoxy) is 1. The molecule has 0 bridgehead atoms. The standard InChI is InChI=1S/C12H23NO2/c1-12(2,3)13(4)11(14)15-10-8-6-5-7-9-10/h10H,5-9H2,1-4H3. The average molecular weight is 213 g/mol. The van der Waals surface area contributed by atoms with Crippen molar-refractivity contribution in [1.82, 2.24) is 4.90 Å². The number of hydrogen-bond acceptors (Lipinski definition) is 2. The highest BCUT2D eigenvalue weighted by Crippen LogP contribution is 2.22. The Balaban J connectivity index is 2.40. The zero-order valence-corrected chi connectivity index (χ0v) is 10.4. The molecule has 1 fully saturated rings. The number of nitrogens with zero attached hydrogens (tertiary/aromatic N) is 1. The predicted octanol–water partition coefficient (Wildman–Crippen LogP) is 3.19. The quantitative estimate of drug-likeness (QED) is 0.669. The minimum atomic E-state index is -0.186. The molecule has 0 aromatic heterocycles. The maximum Gasteiger partial charge on any atom is 0.410 e. The lowest BCUT2D eigenvalue weighted by molar-refractivity contribution is 0.0331. The zero-order valence-electron chi connectivity index (χ0n) is 10.4. The molecule has 15 heavy (non-hydrogen) atoms. The van der Waals surface area contributed by atoms with Crippen LogP contribution in [0, 0.1) is 0 Å². The minimum Gasteiger partial charge on any atom is -0.446 e. The van der Waals surface area contributed by atoms with E-state index in [1.165, 1.54) is 19.3 Å². The molecule has 0 radical (unpaired) electrons. The third kappa shape index (κ3) is 3.73. The second-order valence-electron chi connectivity index (χ2n) is 5.37. The molecule has 0 aliphatic heterocycles. The van der Waals surface area contributed by atoms with E-state index in [1.807, 2.05) is 20.8 Å². The first-order valence-electron chi connectivity index (χ1n) is 5.85. The van der Waals surface area contributed by atoms with Gasteiger partial charge < -0.3 is 9.64 Å². The molecule has 1 amide bonds. The van der Waals surface area contributed by atoms with Gasteiger partial charge in [0, 0.05) is 12.6 Å². The number of rotatable bonds is 1. The average Bonchev–Trinajstić information content (AvgIpc) is 2.16. The second kappa shape index (κ2) is 4.86. The Labute approximate surface area is 92.8 Å². The predicted molar refractivity (Wildman–Crippen MR) is 60.9 cm³/mol. The molecule has 0 unspecified atom stereocenters. The molecule has 0 atom stereocenters. The van der Waals surface area contributed by atoms with Crippen LogP contribution in [0.3, 0.4) is 0 Å². The number of carbonyl (C=O) groups is 1. The van der Waals surface area contributed by atoms with Gasteiger partial charge in [0.25, 0.3) is 0 Å². The van der Waals surface area contributed by atoms with Crippen LogP contribution in [0.2, 0.25) is 0 Å². The van der Waals surface area contributed by atoms with Gasteiger partial charge in [0.15, 0.2) is 0 Å². The third-order valence-electron chi connectivity index (χ3n) is 3.10. The fourth-order valence-electron chi connectivity index (χ4n) is 1.68. The van der Waals surface area contributed by atoms with Crippen LogP contribution in [-0.2, 0) is 4.74 Å². The summed E-state index contributed by atoms with van der Waals surface area (Å²) in [6, 6.07) is 0. The molecule has 0 aromatic carbocycles. The molecule has 1 aliphatic carbocycles. The first-order chi connectivity index (χ1) is 6.91. The van der Waals surface area contributed by atoms with E-state index in [1.54, 1.807) is 11.9 Å². The van der Waals surface area contributed by atoms with Crippen molar-refractivity contribution in [1.29, 1.82) is 0 Å². The van der Waals surface area contributed by atoms with Crippen LogP contribution in [0.5, 0.6) is 0 Å². The Morgan fingerprint density at radius 2 is 1.73 bits per heavy atom. The van der Waals surface area contributed by atoms with Crippen LogP contribution in [0.4, 0.5) is 4.79 Å². The van der Waals surface area contributed by atoms with Gasteiger partial charge in [-0.3, -0.25) is 0 Å². The molecule has 0 aromatic rings. The summed E-state index contributed by atoms with van der Waals surface area (Å²) in [4.78, 5) is 13.4. The van der Waals surface area contributed by atoms with Gasteiger partial charge in [0.2, 0.25) is 0 Å². The monoisotopic (exact) mass is 213 g/mol. The molecule has 0 spiro atoms. The SMILES string of the molecule is CN(C(=O)OC1CCCCC1)C(C)(C)C. The van der Waals surface area contributed by atoms with Crippen molar-refractivity contribution in [2.24, 2.45) is 0 Å². The molecule has 3 heteroatoms. The van der Waals surface area contributed by atoms with Gasteiger partial charge in [-0.25, -0.2) is 4.79 Å². The summed E-state index contributed by atoms with van der Waals surface area (Å²) in [5.74, 6) is 0. The normalized spacial score (nSPS) is 18.7. The zero-order chi connectivity index (χ0) is 11.5. The summed E-state index contributed by atoms with van der Waals surface area (Å²) in [6.07, 6.45) is 5.69. The van der Waals surface area contributed by atoms with Crippen molar-refractivity contribution in [3.8, 4) is 0 Å². The maximum atomic E-state index is 11.8. The molecule has 1 aliphatic rings. The van der Waals surface area contributed by atoms with Gasteiger partial charge >= 0.3 is 6.09 Å². The molecule has 1 saturated carbocycles. The summed E-state index contributed by atoms with van der Waals surface area (Å²) < 4.78 is 5.47. The van der Waals surface area contributed by atoms with Gasteiger partial charge in [-0.2, -0.15) is 0 Å². The molecule has 3 nitrogen and oxygen atoms in total. The van der Waals surface area contributed by atoms with Crippen LogP contribution < -0.4 is 0 Å². The Morgan fingerprint density at radius 3 is 2.20 bits per heavy atom. The highest BCUT2D eigenvalue weighted by Gasteiger charge is 2.26. The van der Waals surface area contributed by atoms with Crippen LogP contribution in [0.25, 0.3) is 0 Å². The van der Waals surface area contributed by atoms with Crippen LogP contribution >= 0.6 is 0 Å². The first kappa shape index (κ1) is 12.3. The van der Waals surface area contributed by atoms with Crippen molar-refractivity contribution in [3.05, 3.63) is 0 Å². The topological polar surface area (TPSA) is 29.5 Å². The molecular weight excluding hydrogens is 190 g/mol. The lowest BCUT2D eigenvalue weighted by Crippen LogP contribution is -2.44. The molecular formula is C12H23NO2. The van der Waals surface area contributed by atoms with Crippen LogP contribution in [-0.4, -0.2) is 29.7 Å². The summed E-state index contributed by atoms with van der Waals surface area (Å²) >= 11 is 0.